The average Bonchev–Trinajstić information content (AvgIpc) is 2.49. The molecule has 4 heteroatoms. The van der Waals surface area contributed by atoms with Crippen LogP contribution in [0.5, 0.6) is 0 Å². The van der Waals surface area contributed by atoms with Gasteiger partial charge < -0.3 is 0 Å². The molecule has 0 saturated heterocycles. The molecule has 0 aliphatic carbocycles. The van der Waals surface area contributed by atoms with Crippen LogP contribution >= 0.6 is 24.4 Å². The molecule has 0 N–H and O–H groups in total. The monoisotopic (exact) mass is 284 g/mol. The Morgan fingerprint density at radius 3 is 1.63 bits per heavy atom. The van der Waals surface area contributed by atoms with Gasteiger partial charge in [-0.15, -0.1) is 24.4 Å². The van der Waals surface area contributed by atoms with Gasteiger partial charge in [0.1, 0.15) is 0 Å². The lowest BCUT2D eigenvalue weighted by Gasteiger charge is -1.92. The summed E-state index contributed by atoms with van der Waals surface area (Å²) in [7, 11) is 0. The van der Waals surface area contributed by atoms with Gasteiger partial charge in [0.2, 0.25) is 0 Å². The van der Waals surface area contributed by atoms with Crippen LogP contribution in [0.1, 0.15) is 11.1 Å². The lowest BCUT2D eigenvalue weighted by molar-refractivity contribution is 1.42. The van der Waals surface area contributed by atoms with Crippen LogP contribution in [-0.4, -0.2) is 6.26 Å². The standard InChI is InChI=1S/C8H7NS.C7H5NS/c1-10-8-4-2-7(6-9)3-5-8;8-5-6-1-3-7(9)4-2-6/h2-5H,1H3;1-4,9H. The first-order chi connectivity index (χ1) is 9.19. The maximum absolute atomic E-state index is 8.44. The fourth-order valence-corrected chi connectivity index (χ4v) is 1.76. The molecule has 19 heavy (non-hydrogen) atoms. The Kier molecular flexibility index (Phi) is 6.60. The van der Waals surface area contributed by atoms with Crippen molar-refractivity contribution in [3.8, 4) is 12.1 Å². The number of thioether (sulfide) groups is 1. The van der Waals surface area contributed by atoms with E-state index in [1.165, 1.54) is 4.90 Å². The topological polar surface area (TPSA) is 47.6 Å². The molecule has 94 valence electrons. The molecule has 0 fully saturated rings. The number of thiol groups is 1. The second-order valence-electron chi connectivity index (χ2n) is 3.50. The molecule has 0 aliphatic heterocycles. The number of nitriles is 2. The number of hydrogen-bond donors (Lipinski definition) is 1. The van der Waals surface area contributed by atoms with Crippen molar-refractivity contribution >= 4 is 24.4 Å². The fraction of sp³-hybridized carbons (Fsp3) is 0.0667. The summed E-state index contributed by atoms with van der Waals surface area (Å²) < 4.78 is 0. The van der Waals surface area contributed by atoms with Gasteiger partial charge in [0.25, 0.3) is 0 Å². The predicted molar refractivity (Wildman–Crippen MR) is 81.3 cm³/mol. The van der Waals surface area contributed by atoms with Crippen molar-refractivity contribution in [2.24, 2.45) is 0 Å². The van der Waals surface area contributed by atoms with Gasteiger partial charge in [-0.2, -0.15) is 10.5 Å². The van der Waals surface area contributed by atoms with Crippen molar-refractivity contribution in [3.63, 3.8) is 0 Å². The van der Waals surface area contributed by atoms with E-state index in [1.54, 1.807) is 36.0 Å². The molecule has 0 amide bonds. The fourth-order valence-electron chi connectivity index (χ4n) is 1.20. The lowest BCUT2D eigenvalue weighted by atomic mass is 10.2. The molecule has 0 radical (unpaired) electrons. The molecule has 0 heterocycles. The van der Waals surface area contributed by atoms with Crippen molar-refractivity contribution in [1.82, 2.24) is 0 Å². The second-order valence-corrected chi connectivity index (χ2v) is 4.90. The summed E-state index contributed by atoms with van der Waals surface area (Å²) in [5.41, 5.74) is 1.39. The molecule has 2 rings (SSSR count). The molecule has 0 saturated carbocycles. The number of rotatable bonds is 1. The maximum atomic E-state index is 8.44. The van der Waals surface area contributed by atoms with Gasteiger partial charge in [-0.05, 0) is 54.8 Å². The van der Waals surface area contributed by atoms with Crippen molar-refractivity contribution in [3.05, 3.63) is 59.7 Å². The van der Waals surface area contributed by atoms with E-state index in [0.717, 1.165) is 10.5 Å². The van der Waals surface area contributed by atoms with Crippen LogP contribution in [0.2, 0.25) is 0 Å². The summed E-state index contributed by atoms with van der Waals surface area (Å²) in [5, 5.41) is 16.8. The molecule has 0 atom stereocenters. The minimum absolute atomic E-state index is 0.674. The molecule has 2 aromatic rings. The molecule has 0 aromatic heterocycles. The molecule has 0 unspecified atom stereocenters. The van der Waals surface area contributed by atoms with Gasteiger partial charge in [-0.25, -0.2) is 0 Å². The van der Waals surface area contributed by atoms with Crippen LogP contribution in [-0.2, 0) is 0 Å². The molecular weight excluding hydrogens is 272 g/mol. The van der Waals surface area contributed by atoms with Crippen molar-refractivity contribution in [2.75, 3.05) is 6.26 Å². The average molecular weight is 284 g/mol. The number of hydrogen-bond acceptors (Lipinski definition) is 4. The summed E-state index contributed by atoms with van der Waals surface area (Å²) in [4.78, 5) is 2.08. The summed E-state index contributed by atoms with van der Waals surface area (Å²) in [5.74, 6) is 0. The summed E-state index contributed by atoms with van der Waals surface area (Å²) in [6.45, 7) is 0. The van der Waals surface area contributed by atoms with Crippen LogP contribution in [0.4, 0.5) is 0 Å². The molecule has 2 nitrogen and oxygen atoms in total. The van der Waals surface area contributed by atoms with Gasteiger partial charge in [0.15, 0.2) is 0 Å². The highest BCUT2D eigenvalue weighted by molar-refractivity contribution is 7.98. The first kappa shape index (κ1) is 15.2. The maximum Gasteiger partial charge on any atom is 0.0991 e. The molecule has 2 aromatic carbocycles. The lowest BCUT2D eigenvalue weighted by Crippen LogP contribution is -1.72. The molecule has 0 spiro atoms. The number of benzene rings is 2. The third kappa shape index (κ3) is 5.52. The Bertz CT molecular complexity index is 590. The van der Waals surface area contributed by atoms with E-state index in [-0.39, 0.29) is 0 Å². The molecule has 0 bridgehead atoms. The quantitative estimate of drug-likeness (QED) is 0.633. The number of nitrogens with zero attached hydrogens (tertiary/aromatic N) is 2. The zero-order chi connectivity index (χ0) is 14.1. The van der Waals surface area contributed by atoms with E-state index in [1.807, 2.05) is 36.6 Å². The minimum atomic E-state index is 0.674. The summed E-state index contributed by atoms with van der Waals surface area (Å²) in [6, 6.07) is 18.7. The van der Waals surface area contributed by atoms with E-state index in [2.05, 4.69) is 18.7 Å². The normalized spacial score (nSPS) is 8.63. The molecular formula is C15H12N2S2. The zero-order valence-electron chi connectivity index (χ0n) is 10.4. The second kappa shape index (κ2) is 8.26. The first-order valence-corrected chi connectivity index (χ1v) is 7.10. The van der Waals surface area contributed by atoms with Crippen LogP contribution in [0.3, 0.4) is 0 Å². The third-order valence-electron chi connectivity index (χ3n) is 2.22. The largest absolute Gasteiger partial charge is 0.192 e. The summed E-state index contributed by atoms with van der Waals surface area (Å²) in [6.07, 6.45) is 2.02. The van der Waals surface area contributed by atoms with Crippen molar-refractivity contribution in [2.45, 2.75) is 9.79 Å². The van der Waals surface area contributed by atoms with Gasteiger partial charge in [-0.3, -0.25) is 0 Å². The van der Waals surface area contributed by atoms with E-state index in [0.29, 0.717) is 5.56 Å². The Labute approximate surface area is 123 Å². The Hall–Kier alpha value is -1.88. The van der Waals surface area contributed by atoms with E-state index < -0.39 is 0 Å². The van der Waals surface area contributed by atoms with Crippen LogP contribution in [0.15, 0.2) is 58.3 Å². The highest BCUT2D eigenvalue weighted by Gasteiger charge is 1.89. The third-order valence-corrected chi connectivity index (χ3v) is 3.26. The Balaban J connectivity index is 0.000000191. The molecule has 0 aliphatic rings. The smallest absolute Gasteiger partial charge is 0.0991 e. The van der Waals surface area contributed by atoms with Crippen molar-refractivity contribution in [1.29, 1.82) is 10.5 Å². The van der Waals surface area contributed by atoms with E-state index in [4.69, 9.17) is 10.5 Å². The zero-order valence-corrected chi connectivity index (χ0v) is 12.1. The van der Waals surface area contributed by atoms with Gasteiger partial charge in [-0.1, -0.05) is 0 Å². The Morgan fingerprint density at radius 1 is 0.842 bits per heavy atom. The van der Waals surface area contributed by atoms with Crippen LogP contribution in [0, 0.1) is 22.7 Å². The predicted octanol–water partition coefficient (Wildman–Crippen LogP) is 4.13. The first-order valence-electron chi connectivity index (χ1n) is 5.43. The van der Waals surface area contributed by atoms with Crippen molar-refractivity contribution < 1.29 is 0 Å². The highest BCUT2D eigenvalue weighted by Crippen LogP contribution is 2.13. The minimum Gasteiger partial charge on any atom is -0.192 e. The van der Waals surface area contributed by atoms with Crippen LogP contribution < -0.4 is 0 Å². The summed E-state index contributed by atoms with van der Waals surface area (Å²) >= 11 is 5.74. The van der Waals surface area contributed by atoms with Gasteiger partial charge in [0.05, 0.1) is 23.3 Å². The SMILES string of the molecule is CSc1ccc(C#N)cc1.N#Cc1ccc(S)cc1. The van der Waals surface area contributed by atoms with E-state index in [9.17, 15) is 0 Å². The van der Waals surface area contributed by atoms with Gasteiger partial charge >= 0.3 is 0 Å². The van der Waals surface area contributed by atoms with Crippen LogP contribution in [0.25, 0.3) is 0 Å². The Morgan fingerprint density at radius 2 is 1.26 bits per heavy atom. The van der Waals surface area contributed by atoms with Gasteiger partial charge in [0, 0.05) is 9.79 Å². The highest BCUT2D eigenvalue weighted by atomic mass is 32.2. The van der Waals surface area contributed by atoms with E-state index >= 15 is 0 Å².